The molecule has 0 spiro atoms. The summed E-state index contributed by atoms with van der Waals surface area (Å²) in [6.45, 7) is 8.14. The molecule has 3 aromatic rings. The number of nitrogens with zero attached hydrogens (tertiary/aromatic N) is 3. The third-order valence-corrected chi connectivity index (χ3v) is 5.76. The van der Waals surface area contributed by atoms with Gasteiger partial charge in [0.1, 0.15) is 4.88 Å². The van der Waals surface area contributed by atoms with Gasteiger partial charge in [-0.15, -0.1) is 11.3 Å². The maximum atomic E-state index is 6.32. The molecule has 8 heteroatoms. The predicted octanol–water partition coefficient (Wildman–Crippen LogP) is 5.53. The Morgan fingerprint density at radius 2 is 1.96 bits per heavy atom. The second-order valence-corrected chi connectivity index (χ2v) is 7.40. The molecular formula is C18H20Cl2N4OS. The van der Waals surface area contributed by atoms with Crippen LogP contribution in [0, 0.1) is 0 Å². The molecule has 2 aromatic heterocycles. The number of anilines is 1. The van der Waals surface area contributed by atoms with Crippen LogP contribution in [-0.4, -0.2) is 41.2 Å². The molecule has 5 nitrogen and oxygen atoms in total. The summed E-state index contributed by atoms with van der Waals surface area (Å²) in [6.07, 6.45) is 0. The van der Waals surface area contributed by atoms with E-state index in [2.05, 4.69) is 34.2 Å². The number of hydrogen-bond donors (Lipinski definition) is 1. The van der Waals surface area contributed by atoms with E-state index in [4.69, 9.17) is 27.7 Å². The molecule has 2 heterocycles. The topological polar surface area (TPSA) is 54.2 Å². The van der Waals surface area contributed by atoms with E-state index < -0.39 is 0 Å². The van der Waals surface area contributed by atoms with Crippen molar-refractivity contribution < 1.29 is 4.52 Å². The summed E-state index contributed by atoms with van der Waals surface area (Å²) in [5.41, 5.74) is 1.69. The van der Waals surface area contributed by atoms with E-state index in [1.54, 1.807) is 0 Å². The first kappa shape index (κ1) is 19.2. The molecule has 0 aliphatic carbocycles. The van der Waals surface area contributed by atoms with Crippen molar-refractivity contribution in [3.05, 3.63) is 39.7 Å². The maximum absolute atomic E-state index is 6.32. The number of aromatic nitrogens is 2. The molecule has 0 radical (unpaired) electrons. The van der Waals surface area contributed by atoms with Crippen molar-refractivity contribution in [1.29, 1.82) is 0 Å². The lowest BCUT2D eigenvalue weighted by Gasteiger charge is -2.18. The van der Waals surface area contributed by atoms with Crippen LogP contribution in [0.1, 0.15) is 13.8 Å². The largest absolute Gasteiger partial charge is 0.383 e. The van der Waals surface area contributed by atoms with Gasteiger partial charge < -0.3 is 14.7 Å². The van der Waals surface area contributed by atoms with Gasteiger partial charge >= 0.3 is 0 Å². The van der Waals surface area contributed by atoms with Crippen LogP contribution in [0.3, 0.4) is 0 Å². The van der Waals surface area contributed by atoms with E-state index in [0.29, 0.717) is 21.8 Å². The van der Waals surface area contributed by atoms with Crippen molar-refractivity contribution in [2.24, 2.45) is 0 Å². The molecule has 138 valence electrons. The number of rotatable bonds is 8. The van der Waals surface area contributed by atoms with Gasteiger partial charge in [-0.3, -0.25) is 0 Å². The average Bonchev–Trinajstić information content (AvgIpc) is 3.29. The van der Waals surface area contributed by atoms with Crippen LogP contribution < -0.4 is 5.32 Å². The van der Waals surface area contributed by atoms with Crippen LogP contribution in [0.25, 0.3) is 22.2 Å². The lowest BCUT2D eigenvalue weighted by molar-refractivity contribution is 0.316. The minimum absolute atomic E-state index is 0.422. The summed E-state index contributed by atoms with van der Waals surface area (Å²) in [7, 11) is 0. The molecule has 0 atom stereocenters. The van der Waals surface area contributed by atoms with Crippen molar-refractivity contribution in [3.8, 4) is 22.2 Å². The van der Waals surface area contributed by atoms with Gasteiger partial charge in [0, 0.05) is 18.7 Å². The van der Waals surface area contributed by atoms with Crippen LogP contribution in [0.2, 0.25) is 10.0 Å². The molecule has 0 aliphatic rings. The smallest absolute Gasteiger partial charge is 0.269 e. The van der Waals surface area contributed by atoms with Crippen LogP contribution in [-0.2, 0) is 0 Å². The van der Waals surface area contributed by atoms with Gasteiger partial charge in [0.2, 0.25) is 5.82 Å². The second-order valence-electron chi connectivity index (χ2n) is 5.67. The van der Waals surface area contributed by atoms with E-state index in [1.807, 2.05) is 29.6 Å². The molecule has 3 rings (SSSR count). The van der Waals surface area contributed by atoms with Crippen LogP contribution in [0.4, 0.5) is 5.69 Å². The zero-order valence-electron chi connectivity index (χ0n) is 14.6. The highest BCUT2D eigenvalue weighted by Gasteiger charge is 2.15. The average molecular weight is 411 g/mol. The van der Waals surface area contributed by atoms with Gasteiger partial charge in [-0.2, -0.15) is 4.98 Å². The minimum Gasteiger partial charge on any atom is -0.383 e. The first-order chi connectivity index (χ1) is 12.6. The van der Waals surface area contributed by atoms with Crippen LogP contribution in [0.5, 0.6) is 0 Å². The molecule has 1 aromatic carbocycles. The molecule has 1 N–H and O–H groups in total. The van der Waals surface area contributed by atoms with E-state index >= 15 is 0 Å². The summed E-state index contributed by atoms with van der Waals surface area (Å²) >= 11 is 13.9. The predicted molar refractivity (Wildman–Crippen MR) is 109 cm³/mol. The first-order valence-corrected chi connectivity index (χ1v) is 10.1. The first-order valence-electron chi connectivity index (χ1n) is 8.45. The summed E-state index contributed by atoms with van der Waals surface area (Å²) in [5, 5.41) is 10.6. The van der Waals surface area contributed by atoms with E-state index in [1.165, 1.54) is 11.3 Å². The lowest BCUT2D eigenvalue weighted by Crippen LogP contribution is -2.28. The van der Waals surface area contributed by atoms with E-state index in [-0.39, 0.29) is 0 Å². The second kappa shape index (κ2) is 8.86. The molecule has 0 aliphatic heterocycles. The molecular weight excluding hydrogens is 391 g/mol. The third kappa shape index (κ3) is 4.38. The molecule has 0 bridgehead atoms. The van der Waals surface area contributed by atoms with Gasteiger partial charge in [0.15, 0.2) is 0 Å². The number of halogens is 2. The Kier molecular flexibility index (Phi) is 6.53. The fraction of sp³-hybridized carbons (Fsp3) is 0.333. The minimum atomic E-state index is 0.422. The Labute approximate surface area is 166 Å². The standard InChI is InChI=1S/C18H20Cl2N4OS/c1-3-24(4-2)9-8-21-15-11-12(5-6-13(15)19)17-22-18(25-23-17)16-14(20)7-10-26-16/h5-7,10-11,21H,3-4,8-9H2,1-2H3. The summed E-state index contributed by atoms with van der Waals surface area (Å²) < 4.78 is 5.36. The van der Waals surface area contributed by atoms with Gasteiger partial charge in [-0.05, 0) is 42.7 Å². The van der Waals surface area contributed by atoms with E-state index in [9.17, 15) is 0 Å². The lowest BCUT2D eigenvalue weighted by atomic mass is 10.2. The molecule has 0 unspecified atom stereocenters. The van der Waals surface area contributed by atoms with Gasteiger partial charge in [-0.1, -0.05) is 42.2 Å². The molecule has 0 fully saturated rings. The summed E-state index contributed by atoms with van der Waals surface area (Å²) in [6, 6.07) is 7.47. The Bertz CT molecular complexity index is 861. The highest BCUT2D eigenvalue weighted by molar-refractivity contribution is 7.14. The van der Waals surface area contributed by atoms with Crippen molar-refractivity contribution in [1.82, 2.24) is 15.0 Å². The molecule has 0 saturated heterocycles. The Hall–Kier alpha value is -1.60. The third-order valence-electron chi connectivity index (χ3n) is 4.10. The van der Waals surface area contributed by atoms with Crippen LogP contribution >= 0.6 is 34.5 Å². The SMILES string of the molecule is CCN(CC)CCNc1cc(-c2noc(-c3sccc3Cl)n2)ccc1Cl. The number of likely N-dealkylation sites (N-methyl/N-ethyl adjacent to an activating group) is 1. The molecule has 0 amide bonds. The summed E-state index contributed by atoms with van der Waals surface area (Å²) in [4.78, 5) is 7.58. The van der Waals surface area contributed by atoms with Crippen molar-refractivity contribution in [2.45, 2.75) is 13.8 Å². The van der Waals surface area contributed by atoms with E-state index in [0.717, 1.165) is 42.3 Å². The number of thiophene rings is 1. The zero-order valence-corrected chi connectivity index (χ0v) is 17.0. The summed E-state index contributed by atoms with van der Waals surface area (Å²) in [5.74, 6) is 0.930. The fourth-order valence-corrected chi connectivity index (χ4v) is 3.81. The quantitative estimate of drug-likeness (QED) is 0.529. The van der Waals surface area contributed by atoms with Crippen molar-refractivity contribution in [3.63, 3.8) is 0 Å². The Morgan fingerprint density at radius 1 is 1.15 bits per heavy atom. The molecule has 0 saturated carbocycles. The van der Waals surface area contributed by atoms with Gasteiger partial charge in [0.05, 0.1) is 15.7 Å². The monoisotopic (exact) mass is 410 g/mol. The number of nitrogens with one attached hydrogen (secondary N) is 1. The van der Waals surface area contributed by atoms with Crippen molar-refractivity contribution >= 4 is 40.2 Å². The Morgan fingerprint density at radius 3 is 2.65 bits per heavy atom. The van der Waals surface area contributed by atoms with Gasteiger partial charge in [0.25, 0.3) is 5.89 Å². The Balaban J connectivity index is 1.75. The number of hydrogen-bond acceptors (Lipinski definition) is 6. The van der Waals surface area contributed by atoms with Crippen molar-refractivity contribution in [2.75, 3.05) is 31.5 Å². The highest BCUT2D eigenvalue weighted by Crippen LogP contribution is 2.34. The normalized spacial score (nSPS) is 11.3. The molecule has 26 heavy (non-hydrogen) atoms. The van der Waals surface area contributed by atoms with Gasteiger partial charge in [-0.25, -0.2) is 0 Å². The number of benzene rings is 1. The zero-order chi connectivity index (χ0) is 18.5. The van der Waals surface area contributed by atoms with Crippen LogP contribution in [0.15, 0.2) is 34.2 Å². The fourth-order valence-electron chi connectivity index (χ4n) is 2.57. The maximum Gasteiger partial charge on any atom is 0.269 e. The highest BCUT2D eigenvalue weighted by atomic mass is 35.5.